The standard InChI is InChI=1S/C22H18FN5O/c23-16-8-9-19-18(11-16)20(29)28(21(27-19)26-17-7-4-10-24-12-17)22(13-25-14-22)15-5-2-1-3-6-15/h1-12,25H,13-14H2,(H,26,27). The number of aromatic nitrogens is 3. The fourth-order valence-corrected chi connectivity index (χ4v) is 3.81. The SMILES string of the molecule is O=c1c2cc(F)ccc2nc(Nc2cccnc2)n1C1(c2ccccc2)CNC1. The lowest BCUT2D eigenvalue weighted by atomic mass is 9.83. The highest BCUT2D eigenvalue weighted by Crippen LogP contribution is 2.33. The van der Waals surface area contributed by atoms with E-state index in [1.54, 1.807) is 23.0 Å². The Bertz CT molecular complexity index is 1240. The molecule has 1 fully saturated rings. The number of pyridine rings is 1. The Morgan fingerprint density at radius 2 is 1.90 bits per heavy atom. The summed E-state index contributed by atoms with van der Waals surface area (Å²) in [4.78, 5) is 22.4. The Hall–Kier alpha value is -3.58. The zero-order chi connectivity index (χ0) is 19.8. The highest BCUT2D eigenvalue weighted by Gasteiger charge is 2.43. The van der Waals surface area contributed by atoms with Crippen LogP contribution in [0.3, 0.4) is 0 Å². The number of hydrogen-bond acceptors (Lipinski definition) is 5. The first-order chi connectivity index (χ1) is 14.2. The predicted molar refractivity (Wildman–Crippen MR) is 110 cm³/mol. The van der Waals surface area contributed by atoms with Crippen molar-refractivity contribution in [3.05, 3.63) is 94.8 Å². The summed E-state index contributed by atoms with van der Waals surface area (Å²) in [5.41, 5.74) is 1.25. The lowest BCUT2D eigenvalue weighted by Gasteiger charge is -2.45. The van der Waals surface area contributed by atoms with Crippen molar-refractivity contribution >= 4 is 22.5 Å². The monoisotopic (exact) mass is 387 g/mol. The van der Waals surface area contributed by atoms with E-state index in [0.29, 0.717) is 30.2 Å². The number of nitrogens with one attached hydrogen (secondary N) is 2. The van der Waals surface area contributed by atoms with Crippen LogP contribution in [0, 0.1) is 5.82 Å². The molecule has 0 aliphatic carbocycles. The molecule has 5 rings (SSSR count). The van der Waals surface area contributed by atoms with Crippen molar-refractivity contribution in [3.8, 4) is 0 Å². The average molecular weight is 387 g/mol. The molecule has 0 atom stereocenters. The minimum Gasteiger partial charge on any atom is -0.324 e. The number of anilines is 2. The van der Waals surface area contributed by atoms with Gasteiger partial charge in [-0.1, -0.05) is 30.3 Å². The number of hydrogen-bond donors (Lipinski definition) is 2. The van der Waals surface area contributed by atoms with Crippen molar-refractivity contribution in [2.24, 2.45) is 0 Å². The summed E-state index contributed by atoms with van der Waals surface area (Å²) in [6, 6.07) is 17.6. The minimum atomic E-state index is -0.615. The van der Waals surface area contributed by atoms with Crippen LogP contribution in [0.25, 0.3) is 10.9 Å². The predicted octanol–water partition coefficient (Wildman–Crippen LogP) is 3.02. The summed E-state index contributed by atoms with van der Waals surface area (Å²) >= 11 is 0. The molecule has 7 heteroatoms. The molecule has 3 heterocycles. The van der Waals surface area contributed by atoms with Gasteiger partial charge in [0.2, 0.25) is 5.95 Å². The molecule has 0 amide bonds. The highest BCUT2D eigenvalue weighted by molar-refractivity contribution is 5.79. The smallest absolute Gasteiger partial charge is 0.263 e. The van der Waals surface area contributed by atoms with E-state index in [2.05, 4.69) is 20.6 Å². The molecule has 0 spiro atoms. The molecule has 0 unspecified atom stereocenters. The van der Waals surface area contributed by atoms with Gasteiger partial charge in [0.05, 0.1) is 22.8 Å². The third kappa shape index (κ3) is 2.87. The zero-order valence-electron chi connectivity index (χ0n) is 15.5. The van der Waals surface area contributed by atoms with Gasteiger partial charge in [-0.25, -0.2) is 9.37 Å². The Labute approximate surface area is 166 Å². The maximum atomic E-state index is 13.9. The van der Waals surface area contributed by atoms with Gasteiger partial charge in [0, 0.05) is 19.3 Å². The number of halogens is 1. The summed E-state index contributed by atoms with van der Waals surface area (Å²) < 4.78 is 15.5. The van der Waals surface area contributed by atoms with E-state index in [1.165, 1.54) is 18.2 Å². The first-order valence-corrected chi connectivity index (χ1v) is 9.33. The lowest BCUT2D eigenvalue weighted by molar-refractivity contribution is 0.225. The molecule has 144 valence electrons. The molecule has 2 N–H and O–H groups in total. The van der Waals surface area contributed by atoms with Gasteiger partial charge in [0.25, 0.3) is 5.56 Å². The van der Waals surface area contributed by atoms with Gasteiger partial charge in [0.15, 0.2) is 0 Å². The lowest BCUT2D eigenvalue weighted by Crippen LogP contribution is -2.64. The van der Waals surface area contributed by atoms with Gasteiger partial charge in [-0.05, 0) is 35.9 Å². The molecule has 6 nitrogen and oxygen atoms in total. The molecule has 2 aromatic heterocycles. The van der Waals surface area contributed by atoms with Crippen molar-refractivity contribution in [1.29, 1.82) is 0 Å². The summed E-state index contributed by atoms with van der Waals surface area (Å²) in [7, 11) is 0. The van der Waals surface area contributed by atoms with E-state index >= 15 is 0 Å². The van der Waals surface area contributed by atoms with Gasteiger partial charge in [-0.3, -0.25) is 14.3 Å². The number of benzene rings is 2. The fraction of sp³-hybridized carbons (Fsp3) is 0.136. The van der Waals surface area contributed by atoms with Crippen LogP contribution in [-0.2, 0) is 5.54 Å². The summed E-state index contributed by atoms with van der Waals surface area (Å²) in [6.07, 6.45) is 3.34. The summed E-state index contributed by atoms with van der Waals surface area (Å²) in [5.74, 6) is -0.0659. The van der Waals surface area contributed by atoms with E-state index in [-0.39, 0.29) is 10.9 Å². The van der Waals surface area contributed by atoms with Crippen LogP contribution in [0.1, 0.15) is 5.56 Å². The van der Waals surface area contributed by atoms with Gasteiger partial charge < -0.3 is 10.6 Å². The Balaban J connectivity index is 1.79. The fourth-order valence-electron chi connectivity index (χ4n) is 3.81. The Morgan fingerprint density at radius 3 is 2.59 bits per heavy atom. The average Bonchev–Trinajstić information content (AvgIpc) is 2.72. The van der Waals surface area contributed by atoms with Crippen LogP contribution in [0.2, 0.25) is 0 Å². The van der Waals surface area contributed by atoms with E-state index in [4.69, 9.17) is 0 Å². The minimum absolute atomic E-state index is 0.254. The van der Waals surface area contributed by atoms with Gasteiger partial charge in [-0.2, -0.15) is 0 Å². The van der Waals surface area contributed by atoms with Crippen molar-refractivity contribution < 1.29 is 4.39 Å². The Kier molecular flexibility index (Phi) is 4.10. The quantitative estimate of drug-likeness (QED) is 0.563. The first-order valence-electron chi connectivity index (χ1n) is 9.33. The maximum absolute atomic E-state index is 13.9. The van der Waals surface area contributed by atoms with Crippen molar-refractivity contribution in [2.75, 3.05) is 18.4 Å². The second-order valence-corrected chi connectivity index (χ2v) is 7.11. The molecular weight excluding hydrogens is 369 g/mol. The molecule has 0 bridgehead atoms. The molecule has 0 saturated carbocycles. The largest absolute Gasteiger partial charge is 0.324 e. The molecule has 1 aliphatic rings. The molecule has 0 radical (unpaired) electrons. The second kappa shape index (κ2) is 6.79. The molecule has 2 aromatic carbocycles. The van der Waals surface area contributed by atoms with Crippen LogP contribution in [-0.4, -0.2) is 27.6 Å². The van der Waals surface area contributed by atoms with E-state index in [1.807, 2.05) is 36.4 Å². The van der Waals surface area contributed by atoms with Crippen molar-refractivity contribution in [3.63, 3.8) is 0 Å². The molecule has 1 aliphatic heterocycles. The van der Waals surface area contributed by atoms with E-state index < -0.39 is 11.4 Å². The molecule has 4 aromatic rings. The first kappa shape index (κ1) is 17.5. The van der Waals surface area contributed by atoms with Crippen LogP contribution in [0.15, 0.2) is 77.9 Å². The molecule has 29 heavy (non-hydrogen) atoms. The summed E-state index contributed by atoms with van der Waals surface area (Å²) in [5, 5.41) is 6.76. The van der Waals surface area contributed by atoms with Crippen molar-refractivity contribution in [1.82, 2.24) is 19.9 Å². The normalized spacial score (nSPS) is 15.1. The zero-order valence-corrected chi connectivity index (χ0v) is 15.5. The second-order valence-electron chi connectivity index (χ2n) is 7.11. The number of rotatable bonds is 4. The topological polar surface area (TPSA) is 71.8 Å². The third-order valence-electron chi connectivity index (χ3n) is 5.32. The maximum Gasteiger partial charge on any atom is 0.263 e. The third-order valence-corrected chi connectivity index (χ3v) is 5.32. The van der Waals surface area contributed by atoms with Crippen LogP contribution in [0.4, 0.5) is 16.0 Å². The molecular formula is C22H18FN5O. The van der Waals surface area contributed by atoms with E-state index in [9.17, 15) is 9.18 Å². The van der Waals surface area contributed by atoms with Crippen LogP contribution >= 0.6 is 0 Å². The van der Waals surface area contributed by atoms with Crippen molar-refractivity contribution in [2.45, 2.75) is 5.54 Å². The van der Waals surface area contributed by atoms with Crippen LogP contribution < -0.4 is 16.2 Å². The number of nitrogens with zero attached hydrogens (tertiary/aromatic N) is 3. The van der Waals surface area contributed by atoms with E-state index in [0.717, 1.165) is 5.56 Å². The Morgan fingerprint density at radius 1 is 1.07 bits per heavy atom. The van der Waals surface area contributed by atoms with Crippen LogP contribution in [0.5, 0.6) is 0 Å². The summed E-state index contributed by atoms with van der Waals surface area (Å²) in [6.45, 7) is 1.14. The van der Waals surface area contributed by atoms with Gasteiger partial charge in [0.1, 0.15) is 11.4 Å². The highest BCUT2D eigenvalue weighted by atomic mass is 19.1. The van der Waals surface area contributed by atoms with Gasteiger partial charge in [-0.15, -0.1) is 0 Å². The number of fused-ring (bicyclic) bond motifs is 1. The molecule has 1 saturated heterocycles. The van der Waals surface area contributed by atoms with Gasteiger partial charge >= 0.3 is 0 Å².